The zero-order valence-electron chi connectivity index (χ0n) is 12.3. The average molecular weight is 292 g/mol. The van der Waals surface area contributed by atoms with Crippen LogP contribution in [0.3, 0.4) is 0 Å². The summed E-state index contributed by atoms with van der Waals surface area (Å²) in [6, 6.07) is 17.1. The Bertz CT molecular complexity index is 744. The first kappa shape index (κ1) is 14.3. The van der Waals surface area contributed by atoms with Crippen LogP contribution in [0, 0.1) is 5.92 Å². The molecule has 1 atom stereocenters. The fourth-order valence-electron chi connectivity index (χ4n) is 2.71. The van der Waals surface area contributed by atoms with Gasteiger partial charge in [0.1, 0.15) is 5.92 Å². The molecule has 3 heteroatoms. The van der Waals surface area contributed by atoms with Crippen LogP contribution in [0.2, 0.25) is 0 Å². The molecule has 0 aromatic heterocycles. The molecule has 22 heavy (non-hydrogen) atoms. The number of fused-ring (bicyclic) bond motifs is 1. The third-order valence-corrected chi connectivity index (χ3v) is 3.72. The van der Waals surface area contributed by atoms with Gasteiger partial charge in [-0.15, -0.1) is 0 Å². The van der Waals surface area contributed by atoms with E-state index >= 15 is 0 Å². The van der Waals surface area contributed by atoms with Gasteiger partial charge in [0.05, 0.1) is 6.61 Å². The lowest BCUT2D eigenvalue weighted by molar-refractivity contribution is -0.144. The van der Waals surface area contributed by atoms with Crippen molar-refractivity contribution in [2.75, 3.05) is 6.61 Å². The standard InChI is InChI=1S/C19H16O3/c1-2-22-19(21)17-12-16(13-8-4-3-5-9-13)14-10-6-7-11-15(14)18(17)20/h3-12,17H,2H2,1H3. The van der Waals surface area contributed by atoms with Crippen LogP contribution < -0.4 is 0 Å². The van der Waals surface area contributed by atoms with Crippen LogP contribution >= 0.6 is 0 Å². The van der Waals surface area contributed by atoms with Crippen LogP contribution in [0.15, 0.2) is 60.7 Å². The van der Waals surface area contributed by atoms with E-state index in [1.165, 1.54) is 0 Å². The fraction of sp³-hybridized carbons (Fsp3) is 0.158. The molecule has 0 fully saturated rings. The van der Waals surface area contributed by atoms with Crippen molar-refractivity contribution in [3.8, 4) is 0 Å². The highest BCUT2D eigenvalue weighted by atomic mass is 16.5. The van der Waals surface area contributed by atoms with Gasteiger partial charge in [-0.2, -0.15) is 0 Å². The smallest absolute Gasteiger partial charge is 0.320 e. The van der Waals surface area contributed by atoms with Gasteiger partial charge in [0.2, 0.25) is 0 Å². The number of carbonyl (C=O) groups excluding carboxylic acids is 2. The van der Waals surface area contributed by atoms with Crippen LogP contribution in [0.5, 0.6) is 0 Å². The quantitative estimate of drug-likeness (QED) is 0.642. The number of Topliss-reactive ketones (excluding diaryl/α,β-unsaturated/α-hetero) is 1. The van der Waals surface area contributed by atoms with Crippen molar-refractivity contribution < 1.29 is 14.3 Å². The van der Waals surface area contributed by atoms with E-state index in [-0.39, 0.29) is 12.4 Å². The van der Waals surface area contributed by atoms with Crippen molar-refractivity contribution in [1.29, 1.82) is 0 Å². The summed E-state index contributed by atoms with van der Waals surface area (Å²) in [7, 11) is 0. The zero-order chi connectivity index (χ0) is 15.5. The van der Waals surface area contributed by atoms with Gasteiger partial charge in [-0.25, -0.2) is 0 Å². The summed E-state index contributed by atoms with van der Waals surface area (Å²) in [6.45, 7) is 2.00. The highest BCUT2D eigenvalue weighted by molar-refractivity contribution is 6.16. The van der Waals surface area contributed by atoms with Gasteiger partial charge in [-0.05, 0) is 23.6 Å². The van der Waals surface area contributed by atoms with Gasteiger partial charge in [-0.3, -0.25) is 9.59 Å². The first-order valence-corrected chi connectivity index (χ1v) is 7.30. The van der Waals surface area contributed by atoms with E-state index < -0.39 is 11.9 Å². The molecule has 1 aliphatic carbocycles. The lowest BCUT2D eigenvalue weighted by atomic mass is 9.81. The second-order valence-corrected chi connectivity index (χ2v) is 5.09. The Labute approximate surface area is 129 Å². The van der Waals surface area contributed by atoms with Gasteiger partial charge in [0.15, 0.2) is 5.78 Å². The number of benzene rings is 2. The van der Waals surface area contributed by atoms with E-state index in [9.17, 15) is 9.59 Å². The Morgan fingerprint density at radius 2 is 1.64 bits per heavy atom. The van der Waals surface area contributed by atoms with Crippen LogP contribution in [-0.2, 0) is 9.53 Å². The maximum atomic E-state index is 12.6. The van der Waals surface area contributed by atoms with E-state index in [0.29, 0.717) is 5.56 Å². The highest BCUT2D eigenvalue weighted by Gasteiger charge is 2.33. The van der Waals surface area contributed by atoms with E-state index in [1.54, 1.807) is 19.1 Å². The van der Waals surface area contributed by atoms with Gasteiger partial charge in [-0.1, -0.05) is 60.7 Å². The first-order chi connectivity index (χ1) is 10.7. The molecule has 0 spiro atoms. The number of ketones is 1. The second kappa shape index (κ2) is 5.98. The maximum absolute atomic E-state index is 12.6. The van der Waals surface area contributed by atoms with E-state index in [2.05, 4.69) is 0 Å². The molecule has 0 saturated carbocycles. The lowest BCUT2D eigenvalue weighted by Crippen LogP contribution is -2.28. The topological polar surface area (TPSA) is 43.4 Å². The number of ether oxygens (including phenoxy) is 1. The summed E-state index contributed by atoms with van der Waals surface area (Å²) >= 11 is 0. The zero-order valence-corrected chi connectivity index (χ0v) is 12.3. The number of rotatable bonds is 3. The molecule has 0 amide bonds. The molecular weight excluding hydrogens is 276 g/mol. The number of carbonyl (C=O) groups is 2. The molecule has 3 nitrogen and oxygen atoms in total. The van der Waals surface area contributed by atoms with Crippen LogP contribution in [0.4, 0.5) is 0 Å². The lowest BCUT2D eigenvalue weighted by Gasteiger charge is -2.22. The number of hydrogen-bond donors (Lipinski definition) is 0. The summed E-state index contributed by atoms with van der Waals surface area (Å²) in [6.07, 6.45) is 1.72. The normalized spacial score (nSPS) is 16.7. The Morgan fingerprint density at radius 3 is 2.32 bits per heavy atom. The fourth-order valence-corrected chi connectivity index (χ4v) is 2.71. The molecule has 0 heterocycles. The minimum absolute atomic E-state index is 0.200. The van der Waals surface area contributed by atoms with Crippen molar-refractivity contribution in [2.45, 2.75) is 6.92 Å². The summed E-state index contributed by atoms with van der Waals surface area (Å²) in [5.74, 6) is -1.56. The van der Waals surface area contributed by atoms with Crippen LogP contribution in [0.1, 0.15) is 28.4 Å². The van der Waals surface area contributed by atoms with Crippen molar-refractivity contribution in [3.63, 3.8) is 0 Å². The summed E-state index contributed by atoms with van der Waals surface area (Å²) in [5, 5.41) is 0. The van der Waals surface area contributed by atoms with Crippen molar-refractivity contribution in [1.82, 2.24) is 0 Å². The first-order valence-electron chi connectivity index (χ1n) is 7.30. The largest absolute Gasteiger partial charge is 0.465 e. The minimum atomic E-state index is -0.870. The Morgan fingerprint density at radius 1 is 1.00 bits per heavy atom. The summed E-state index contributed by atoms with van der Waals surface area (Å²) in [5.41, 5.74) is 3.31. The molecular formula is C19H16O3. The Kier molecular flexibility index (Phi) is 3.88. The molecule has 2 aromatic carbocycles. The van der Waals surface area contributed by atoms with Gasteiger partial charge in [0.25, 0.3) is 0 Å². The van der Waals surface area contributed by atoms with Crippen molar-refractivity contribution in [2.24, 2.45) is 5.92 Å². The SMILES string of the molecule is CCOC(=O)C1C=C(c2ccccc2)c2ccccc2C1=O. The van der Waals surface area contributed by atoms with Crippen molar-refractivity contribution in [3.05, 3.63) is 77.4 Å². The highest BCUT2D eigenvalue weighted by Crippen LogP contribution is 2.34. The molecule has 3 rings (SSSR count). The molecule has 0 aliphatic heterocycles. The van der Waals surface area contributed by atoms with Gasteiger partial charge >= 0.3 is 5.97 Å². The molecule has 0 radical (unpaired) electrons. The predicted octanol–water partition coefficient (Wildman–Crippen LogP) is 3.49. The molecule has 0 bridgehead atoms. The monoisotopic (exact) mass is 292 g/mol. The van der Waals surface area contributed by atoms with E-state index in [0.717, 1.165) is 16.7 Å². The average Bonchev–Trinajstić information content (AvgIpc) is 2.56. The van der Waals surface area contributed by atoms with Crippen molar-refractivity contribution >= 4 is 17.3 Å². The second-order valence-electron chi connectivity index (χ2n) is 5.09. The third-order valence-electron chi connectivity index (χ3n) is 3.72. The summed E-state index contributed by atoms with van der Waals surface area (Å²) in [4.78, 5) is 24.7. The van der Waals surface area contributed by atoms with Gasteiger partial charge in [0, 0.05) is 5.56 Å². The molecule has 1 unspecified atom stereocenters. The molecule has 2 aromatic rings. The van der Waals surface area contributed by atoms with E-state index in [4.69, 9.17) is 4.74 Å². The maximum Gasteiger partial charge on any atom is 0.320 e. The number of hydrogen-bond acceptors (Lipinski definition) is 3. The van der Waals surface area contributed by atoms with Crippen LogP contribution in [0.25, 0.3) is 5.57 Å². The minimum Gasteiger partial charge on any atom is -0.465 e. The predicted molar refractivity (Wildman–Crippen MR) is 84.4 cm³/mol. The number of esters is 1. The molecule has 1 aliphatic rings. The molecule has 0 saturated heterocycles. The molecule has 0 N–H and O–H groups in total. The van der Waals surface area contributed by atoms with Crippen LogP contribution in [-0.4, -0.2) is 18.4 Å². The molecule has 110 valence electrons. The van der Waals surface area contributed by atoms with E-state index in [1.807, 2.05) is 48.5 Å². The third kappa shape index (κ3) is 2.46. The Balaban J connectivity index is 2.14. The Hall–Kier alpha value is -2.68. The summed E-state index contributed by atoms with van der Waals surface area (Å²) < 4.78 is 5.05. The van der Waals surface area contributed by atoms with Gasteiger partial charge < -0.3 is 4.74 Å².